The van der Waals surface area contributed by atoms with E-state index in [0.29, 0.717) is 10.8 Å². The summed E-state index contributed by atoms with van der Waals surface area (Å²) in [5.74, 6) is 0. The monoisotopic (exact) mass is 288 g/mol. The summed E-state index contributed by atoms with van der Waals surface area (Å²) in [6.45, 7) is 4.47. The third kappa shape index (κ3) is 2.77. The highest BCUT2D eigenvalue weighted by Gasteiger charge is 2.33. The van der Waals surface area contributed by atoms with Crippen molar-refractivity contribution in [3.05, 3.63) is 17.5 Å². The average Bonchev–Trinajstić information content (AvgIpc) is 2.80. The molecule has 1 atom stereocenters. The van der Waals surface area contributed by atoms with E-state index in [1.54, 1.807) is 16.4 Å². The molecule has 0 amide bonds. The van der Waals surface area contributed by atoms with Gasteiger partial charge in [-0.15, -0.1) is 11.3 Å². The fraction of sp³-hybridized carbons (Fsp3) is 0.667. The number of rotatable bonds is 3. The second-order valence-corrected chi connectivity index (χ2v) is 7.79. The summed E-state index contributed by atoms with van der Waals surface area (Å²) >= 11 is 1.30. The first-order valence-corrected chi connectivity index (χ1v) is 8.61. The number of sulfonamides is 1. The van der Waals surface area contributed by atoms with Crippen LogP contribution in [0.5, 0.6) is 0 Å². The zero-order valence-electron chi connectivity index (χ0n) is 10.9. The van der Waals surface area contributed by atoms with Crippen LogP contribution >= 0.6 is 11.3 Å². The van der Waals surface area contributed by atoms with Crippen LogP contribution in [0.25, 0.3) is 0 Å². The number of hydrogen-bond acceptors (Lipinski definition) is 4. The van der Waals surface area contributed by atoms with Crippen LogP contribution in [-0.2, 0) is 10.0 Å². The predicted molar refractivity (Wildman–Crippen MR) is 74.4 cm³/mol. The molecule has 0 aliphatic carbocycles. The minimum atomic E-state index is -3.30. The maximum atomic E-state index is 12.6. The van der Waals surface area contributed by atoms with Crippen LogP contribution in [0.1, 0.15) is 19.8 Å². The third-order valence-electron chi connectivity index (χ3n) is 3.38. The maximum absolute atomic E-state index is 12.6. The highest BCUT2D eigenvalue weighted by molar-refractivity contribution is 7.91. The Morgan fingerprint density at radius 3 is 2.83 bits per heavy atom. The van der Waals surface area contributed by atoms with Crippen molar-refractivity contribution in [2.24, 2.45) is 0 Å². The van der Waals surface area contributed by atoms with Gasteiger partial charge in [-0.3, -0.25) is 0 Å². The van der Waals surface area contributed by atoms with Gasteiger partial charge in [0.15, 0.2) is 0 Å². The molecule has 0 unspecified atom stereocenters. The normalized spacial score (nSPS) is 24.0. The summed E-state index contributed by atoms with van der Waals surface area (Å²) < 4.78 is 27.4. The second-order valence-electron chi connectivity index (χ2n) is 4.73. The van der Waals surface area contributed by atoms with Crippen LogP contribution in [0.2, 0.25) is 0 Å². The largest absolute Gasteiger partial charge is 0.305 e. The number of likely N-dealkylation sites (N-methyl/N-ethyl adjacent to an activating group) is 1. The van der Waals surface area contributed by atoms with E-state index in [9.17, 15) is 8.42 Å². The molecule has 0 spiro atoms. The molecule has 1 aromatic rings. The molecule has 0 bridgehead atoms. The zero-order valence-corrected chi connectivity index (χ0v) is 12.5. The molecule has 1 aliphatic heterocycles. The summed E-state index contributed by atoms with van der Waals surface area (Å²) in [6, 6.07) is 3.58. The Morgan fingerprint density at radius 2 is 2.22 bits per heavy atom. The van der Waals surface area contributed by atoms with Crippen molar-refractivity contribution in [2.75, 3.05) is 26.7 Å². The third-order valence-corrected chi connectivity index (χ3v) is 6.70. The molecular weight excluding hydrogens is 268 g/mol. The first kappa shape index (κ1) is 14.0. The molecular formula is C12H20N2O2S2. The standard InChI is InChI=1S/C12H20N2O2S2/c1-3-11-10-13(2)7-5-8-14(11)18(15,16)12-6-4-9-17-12/h4,6,9,11H,3,5,7-8,10H2,1-2H3/t11-/m1/s1. The Hall–Kier alpha value is -0.430. The Balaban J connectivity index is 2.30. The average molecular weight is 288 g/mol. The van der Waals surface area contributed by atoms with Crippen molar-refractivity contribution in [3.63, 3.8) is 0 Å². The van der Waals surface area contributed by atoms with Crippen molar-refractivity contribution in [2.45, 2.75) is 30.0 Å². The van der Waals surface area contributed by atoms with Gasteiger partial charge in [0.2, 0.25) is 0 Å². The Morgan fingerprint density at radius 1 is 1.44 bits per heavy atom. The molecule has 0 aromatic carbocycles. The summed E-state index contributed by atoms with van der Waals surface area (Å²) in [7, 11) is -1.24. The molecule has 2 rings (SSSR count). The lowest BCUT2D eigenvalue weighted by Gasteiger charge is -2.28. The minimum absolute atomic E-state index is 0.0876. The molecule has 0 radical (unpaired) electrons. The maximum Gasteiger partial charge on any atom is 0.252 e. The number of nitrogens with zero attached hydrogens (tertiary/aromatic N) is 2. The van der Waals surface area contributed by atoms with Crippen LogP contribution in [0.15, 0.2) is 21.7 Å². The van der Waals surface area contributed by atoms with Crippen LogP contribution in [0.4, 0.5) is 0 Å². The lowest BCUT2D eigenvalue weighted by atomic mass is 10.2. The van der Waals surface area contributed by atoms with Crippen LogP contribution in [0, 0.1) is 0 Å². The Labute approximate surface area is 113 Å². The second kappa shape index (κ2) is 5.69. The molecule has 0 saturated carbocycles. The van der Waals surface area contributed by atoms with Crippen LogP contribution < -0.4 is 0 Å². The number of thiophene rings is 1. The first-order chi connectivity index (χ1) is 8.55. The Kier molecular flexibility index (Phi) is 4.42. The zero-order chi connectivity index (χ0) is 13.2. The topological polar surface area (TPSA) is 40.6 Å². The SMILES string of the molecule is CC[C@@H]1CN(C)CCCN1S(=O)(=O)c1cccs1. The Bertz CT molecular complexity index is 470. The van der Waals surface area contributed by atoms with E-state index in [1.165, 1.54) is 11.3 Å². The summed E-state index contributed by atoms with van der Waals surface area (Å²) in [5, 5.41) is 1.82. The minimum Gasteiger partial charge on any atom is -0.305 e. The summed E-state index contributed by atoms with van der Waals surface area (Å²) in [6.07, 6.45) is 1.76. The summed E-state index contributed by atoms with van der Waals surface area (Å²) in [4.78, 5) is 2.22. The molecule has 0 N–H and O–H groups in total. The number of hydrogen-bond donors (Lipinski definition) is 0. The van der Waals surface area contributed by atoms with Gasteiger partial charge >= 0.3 is 0 Å². The lowest BCUT2D eigenvalue weighted by molar-refractivity contribution is 0.270. The van der Waals surface area contributed by atoms with Gasteiger partial charge in [-0.1, -0.05) is 13.0 Å². The van der Waals surface area contributed by atoms with Crippen LogP contribution in [0.3, 0.4) is 0 Å². The fourth-order valence-corrected chi connectivity index (χ4v) is 5.24. The fourth-order valence-electron chi connectivity index (χ4n) is 2.40. The van der Waals surface area contributed by atoms with Gasteiger partial charge in [0, 0.05) is 19.1 Å². The van der Waals surface area contributed by atoms with E-state index in [1.807, 2.05) is 5.38 Å². The molecule has 1 saturated heterocycles. The van der Waals surface area contributed by atoms with Gasteiger partial charge < -0.3 is 4.90 Å². The predicted octanol–water partition coefficient (Wildman–Crippen LogP) is 1.85. The van der Waals surface area contributed by atoms with Gasteiger partial charge in [0.1, 0.15) is 4.21 Å². The van der Waals surface area contributed by atoms with Crippen molar-refractivity contribution in [1.29, 1.82) is 0 Å². The van der Waals surface area contributed by atoms with E-state index >= 15 is 0 Å². The molecule has 2 heterocycles. The van der Waals surface area contributed by atoms with Crippen molar-refractivity contribution in [3.8, 4) is 0 Å². The molecule has 1 aromatic heterocycles. The van der Waals surface area contributed by atoms with Crippen molar-refractivity contribution in [1.82, 2.24) is 9.21 Å². The van der Waals surface area contributed by atoms with E-state index in [4.69, 9.17) is 0 Å². The van der Waals surface area contributed by atoms with Gasteiger partial charge in [0.25, 0.3) is 10.0 Å². The molecule has 18 heavy (non-hydrogen) atoms. The molecule has 1 aliphatic rings. The van der Waals surface area contributed by atoms with Crippen molar-refractivity contribution < 1.29 is 8.42 Å². The highest BCUT2D eigenvalue weighted by Crippen LogP contribution is 2.25. The smallest absolute Gasteiger partial charge is 0.252 e. The van der Waals surface area contributed by atoms with E-state index in [2.05, 4.69) is 18.9 Å². The van der Waals surface area contributed by atoms with Gasteiger partial charge in [-0.2, -0.15) is 4.31 Å². The quantitative estimate of drug-likeness (QED) is 0.852. The van der Waals surface area contributed by atoms with Crippen LogP contribution in [-0.4, -0.2) is 50.3 Å². The van der Waals surface area contributed by atoms with E-state index in [0.717, 1.165) is 25.9 Å². The highest BCUT2D eigenvalue weighted by atomic mass is 32.2. The summed E-state index contributed by atoms with van der Waals surface area (Å²) in [5.41, 5.74) is 0. The molecule has 102 valence electrons. The van der Waals surface area contributed by atoms with Gasteiger partial charge in [-0.25, -0.2) is 8.42 Å². The van der Waals surface area contributed by atoms with Gasteiger partial charge in [0.05, 0.1) is 0 Å². The first-order valence-electron chi connectivity index (χ1n) is 6.29. The molecule has 6 heteroatoms. The lowest BCUT2D eigenvalue weighted by Crippen LogP contribution is -2.43. The van der Waals surface area contributed by atoms with E-state index < -0.39 is 10.0 Å². The van der Waals surface area contributed by atoms with Crippen molar-refractivity contribution >= 4 is 21.4 Å². The molecule has 1 fully saturated rings. The molecule has 4 nitrogen and oxygen atoms in total. The van der Waals surface area contributed by atoms with E-state index in [-0.39, 0.29) is 6.04 Å². The van der Waals surface area contributed by atoms with Gasteiger partial charge in [-0.05, 0) is 37.9 Å².